The standard InChI is InChI=1S/C12H22N2S/c1-5-8-14(4)12(10(3)13)11-7-6-9(2)15-11/h6-7,10,12H,5,8,13H2,1-4H3. The van der Waals surface area contributed by atoms with Crippen LogP contribution in [0.4, 0.5) is 0 Å². The molecule has 0 aliphatic rings. The zero-order valence-corrected chi connectivity index (χ0v) is 11.0. The molecule has 0 radical (unpaired) electrons. The van der Waals surface area contributed by atoms with Crippen LogP contribution >= 0.6 is 11.3 Å². The van der Waals surface area contributed by atoms with Crippen molar-refractivity contribution in [3.8, 4) is 0 Å². The Morgan fingerprint density at radius 1 is 1.47 bits per heavy atom. The van der Waals surface area contributed by atoms with E-state index in [0.29, 0.717) is 6.04 Å². The summed E-state index contributed by atoms with van der Waals surface area (Å²) in [6.07, 6.45) is 1.17. The van der Waals surface area contributed by atoms with Crippen LogP contribution < -0.4 is 5.73 Å². The molecule has 15 heavy (non-hydrogen) atoms. The second-order valence-electron chi connectivity index (χ2n) is 4.23. The summed E-state index contributed by atoms with van der Waals surface area (Å²) in [6.45, 7) is 7.54. The van der Waals surface area contributed by atoms with Crippen molar-refractivity contribution in [2.45, 2.75) is 39.3 Å². The average molecular weight is 226 g/mol. The summed E-state index contributed by atoms with van der Waals surface area (Å²) in [5.41, 5.74) is 6.07. The maximum atomic E-state index is 6.07. The molecule has 1 aromatic heterocycles. The van der Waals surface area contributed by atoms with Crippen LogP contribution in [0.25, 0.3) is 0 Å². The number of aryl methyl sites for hydroxylation is 1. The van der Waals surface area contributed by atoms with Crippen molar-refractivity contribution in [1.29, 1.82) is 0 Å². The van der Waals surface area contributed by atoms with Crippen molar-refractivity contribution in [2.75, 3.05) is 13.6 Å². The van der Waals surface area contributed by atoms with E-state index in [4.69, 9.17) is 5.73 Å². The Labute approximate surface area is 97.1 Å². The van der Waals surface area contributed by atoms with Crippen LogP contribution in [0.15, 0.2) is 12.1 Å². The fraction of sp³-hybridized carbons (Fsp3) is 0.667. The lowest BCUT2D eigenvalue weighted by Gasteiger charge is -2.30. The van der Waals surface area contributed by atoms with Crippen LogP contribution in [0.3, 0.4) is 0 Å². The summed E-state index contributed by atoms with van der Waals surface area (Å²) in [7, 11) is 2.16. The molecule has 2 unspecified atom stereocenters. The first-order chi connectivity index (χ1) is 7.06. The van der Waals surface area contributed by atoms with Crippen LogP contribution in [0, 0.1) is 6.92 Å². The van der Waals surface area contributed by atoms with Gasteiger partial charge in [0.05, 0.1) is 6.04 Å². The molecule has 0 bridgehead atoms. The quantitative estimate of drug-likeness (QED) is 0.836. The van der Waals surface area contributed by atoms with Gasteiger partial charge < -0.3 is 5.73 Å². The van der Waals surface area contributed by atoms with Crippen LogP contribution in [0.5, 0.6) is 0 Å². The lowest BCUT2D eigenvalue weighted by molar-refractivity contribution is 0.223. The van der Waals surface area contributed by atoms with E-state index in [1.807, 2.05) is 11.3 Å². The minimum atomic E-state index is 0.180. The minimum absolute atomic E-state index is 0.180. The molecular formula is C12H22N2S. The van der Waals surface area contributed by atoms with E-state index in [1.54, 1.807) is 0 Å². The van der Waals surface area contributed by atoms with E-state index in [9.17, 15) is 0 Å². The summed E-state index contributed by atoms with van der Waals surface area (Å²) in [4.78, 5) is 5.11. The summed E-state index contributed by atoms with van der Waals surface area (Å²) < 4.78 is 0. The Balaban J connectivity index is 2.82. The summed E-state index contributed by atoms with van der Waals surface area (Å²) >= 11 is 1.86. The van der Waals surface area contributed by atoms with E-state index >= 15 is 0 Å². The van der Waals surface area contributed by atoms with E-state index in [2.05, 4.69) is 44.9 Å². The monoisotopic (exact) mass is 226 g/mol. The molecule has 2 N–H and O–H groups in total. The third-order valence-electron chi connectivity index (χ3n) is 2.60. The Morgan fingerprint density at radius 2 is 2.13 bits per heavy atom. The van der Waals surface area contributed by atoms with Gasteiger partial charge in [0.1, 0.15) is 0 Å². The predicted molar refractivity (Wildman–Crippen MR) is 68.4 cm³/mol. The van der Waals surface area contributed by atoms with Gasteiger partial charge in [-0.3, -0.25) is 4.90 Å². The number of nitrogens with zero attached hydrogens (tertiary/aromatic N) is 1. The average Bonchev–Trinajstić information content (AvgIpc) is 2.51. The molecule has 2 nitrogen and oxygen atoms in total. The third-order valence-corrected chi connectivity index (χ3v) is 3.67. The fourth-order valence-corrected chi connectivity index (χ4v) is 3.14. The number of likely N-dealkylation sites (N-methyl/N-ethyl adjacent to an activating group) is 1. The normalized spacial score (nSPS) is 15.6. The first-order valence-corrected chi connectivity index (χ1v) is 6.40. The van der Waals surface area contributed by atoms with Crippen molar-refractivity contribution in [3.05, 3.63) is 21.9 Å². The van der Waals surface area contributed by atoms with E-state index in [-0.39, 0.29) is 6.04 Å². The first kappa shape index (κ1) is 12.7. The van der Waals surface area contributed by atoms with Crippen LogP contribution in [-0.2, 0) is 0 Å². The molecule has 0 spiro atoms. The number of hydrogen-bond acceptors (Lipinski definition) is 3. The van der Waals surface area contributed by atoms with Gasteiger partial charge in [0.2, 0.25) is 0 Å². The maximum Gasteiger partial charge on any atom is 0.0588 e. The van der Waals surface area contributed by atoms with Gasteiger partial charge in [-0.2, -0.15) is 0 Å². The van der Waals surface area contributed by atoms with Crippen molar-refractivity contribution in [2.24, 2.45) is 5.73 Å². The molecule has 0 amide bonds. The molecule has 0 aliphatic carbocycles. The Hall–Kier alpha value is -0.380. The number of hydrogen-bond donors (Lipinski definition) is 1. The lowest BCUT2D eigenvalue weighted by atomic mass is 10.1. The molecule has 0 aliphatic heterocycles. The molecule has 1 rings (SSSR count). The molecule has 1 aromatic rings. The van der Waals surface area contributed by atoms with E-state index < -0.39 is 0 Å². The second kappa shape index (κ2) is 5.64. The largest absolute Gasteiger partial charge is 0.326 e. The molecular weight excluding hydrogens is 204 g/mol. The summed E-state index contributed by atoms with van der Waals surface area (Å²) in [5.74, 6) is 0. The highest BCUT2D eigenvalue weighted by Crippen LogP contribution is 2.28. The van der Waals surface area contributed by atoms with Gasteiger partial charge in [0.25, 0.3) is 0 Å². The van der Waals surface area contributed by atoms with Crippen LogP contribution in [0.2, 0.25) is 0 Å². The zero-order chi connectivity index (χ0) is 11.4. The highest BCUT2D eigenvalue weighted by molar-refractivity contribution is 7.12. The van der Waals surface area contributed by atoms with E-state index in [1.165, 1.54) is 16.2 Å². The topological polar surface area (TPSA) is 29.3 Å². The van der Waals surface area contributed by atoms with Crippen LogP contribution in [-0.4, -0.2) is 24.5 Å². The van der Waals surface area contributed by atoms with Gasteiger partial charge in [-0.05, 0) is 46.0 Å². The smallest absolute Gasteiger partial charge is 0.0588 e. The first-order valence-electron chi connectivity index (χ1n) is 5.58. The molecule has 2 atom stereocenters. The highest BCUT2D eigenvalue weighted by Gasteiger charge is 2.21. The SMILES string of the molecule is CCCN(C)C(c1ccc(C)s1)C(C)N. The molecule has 0 fully saturated rings. The predicted octanol–water partition coefficient (Wildman–Crippen LogP) is 2.79. The molecule has 0 aromatic carbocycles. The van der Waals surface area contributed by atoms with E-state index in [0.717, 1.165) is 6.54 Å². The molecule has 0 saturated heterocycles. The number of rotatable bonds is 5. The summed E-state index contributed by atoms with van der Waals surface area (Å²) in [5, 5.41) is 0. The van der Waals surface area contributed by atoms with Gasteiger partial charge in [-0.15, -0.1) is 11.3 Å². The van der Waals surface area contributed by atoms with Gasteiger partial charge in [0.15, 0.2) is 0 Å². The van der Waals surface area contributed by atoms with Crippen molar-refractivity contribution >= 4 is 11.3 Å². The van der Waals surface area contributed by atoms with Gasteiger partial charge in [-0.25, -0.2) is 0 Å². The second-order valence-corrected chi connectivity index (χ2v) is 5.55. The fourth-order valence-electron chi connectivity index (χ4n) is 1.98. The minimum Gasteiger partial charge on any atom is -0.326 e. The molecule has 86 valence electrons. The van der Waals surface area contributed by atoms with Gasteiger partial charge in [0, 0.05) is 15.8 Å². The summed E-state index contributed by atoms with van der Waals surface area (Å²) in [6, 6.07) is 4.93. The zero-order valence-electron chi connectivity index (χ0n) is 10.2. The highest BCUT2D eigenvalue weighted by atomic mass is 32.1. The molecule has 3 heteroatoms. The maximum absolute atomic E-state index is 6.07. The Morgan fingerprint density at radius 3 is 2.53 bits per heavy atom. The van der Waals surface area contributed by atoms with Crippen molar-refractivity contribution in [1.82, 2.24) is 4.90 Å². The Bertz CT molecular complexity index is 294. The third kappa shape index (κ3) is 3.30. The molecule has 0 saturated carbocycles. The van der Waals surface area contributed by atoms with Crippen molar-refractivity contribution in [3.63, 3.8) is 0 Å². The van der Waals surface area contributed by atoms with Crippen molar-refractivity contribution < 1.29 is 0 Å². The number of thiophene rings is 1. The van der Waals surface area contributed by atoms with Crippen LogP contribution in [0.1, 0.15) is 36.1 Å². The van der Waals surface area contributed by atoms with Gasteiger partial charge >= 0.3 is 0 Å². The Kier molecular flexibility index (Phi) is 4.77. The molecule has 1 heterocycles. The van der Waals surface area contributed by atoms with Gasteiger partial charge in [-0.1, -0.05) is 6.92 Å². The number of nitrogens with two attached hydrogens (primary N) is 1. The lowest BCUT2D eigenvalue weighted by Crippen LogP contribution is -2.37.